The number of β-amino-alcohol motifs (C(OH)–C–C–N with tert-alkyl or cyclic N) is 1. The topological polar surface area (TPSA) is 40.5 Å². The Morgan fingerprint density at radius 3 is 2.78 bits per heavy atom. The molecular formula is C14H16ClNO2. The van der Waals surface area contributed by atoms with Gasteiger partial charge in [0.15, 0.2) is 0 Å². The molecule has 1 fully saturated rings. The zero-order valence-electron chi connectivity index (χ0n) is 10.1. The van der Waals surface area contributed by atoms with Gasteiger partial charge >= 0.3 is 0 Å². The molecule has 1 N–H and O–H groups in total. The first-order chi connectivity index (χ1) is 8.65. The predicted molar refractivity (Wildman–Crippen MR) is 72.3 cm³/mol. The monoisotopic (exact) mass is 265 g/mol. The number of carbonyl (C=O) groups is 1. The minimum Gasteiger partial charge on any atom is -0.391 e. The molecule has 1 aromatic carbocycles. The Kier molecular flexibility index (Phi) is 4.39. The second-order valence-corrected chi connectivity index (χ2v) is 4.90. The summed E-state index contributed by atoms with van der Waals surface area (Å²) in [6.07, 6.45) is 4.57. The molecule has 3 nitrogen and oxygen atoms in total. The molecule has 0 spiro atoms. The van der Waals surface area contributed by atoms with Crippen LogP contribution in [0.5, 0.6) is 0 Å². The van der Waals surface area contributed by atoms with E-state index in [4.69, 9.17) is 11.6 Å². The van der Waals surface area contributed by atoms with E-state index in [1.807, 2.05) is 12.1 Å². The van der Waals surface area contributed by atoms with Crippen LogP contribution in [0.1, 0.15) is 18.4 Å². The van der Waals surface area contributed by atoms with Crippen molar-refractivity contribution in [1.29, 1.82) is 0 Å². The van der Waals surface area contributed by atoms with Crippen molar-refractivity contribution >= 4 is 23.6 Å². The van der Waals surface area contributed by atoms with Crippen molar-refractivity contribution in [3.63, 3.8) is 0 Å². The van der Waals surface area contributed by atoms with Crippen molar-refractivity contribution in [2.75, 3.05) is 13.1 Å². The van der Waals surface area contributed by atoms with E-state index in [1.165, 1.54) is 0 Å². The highest BCUT2D eigenvalue weighted by Gasteiger charge is 2.20. The summed E-state index contributed by atoms with van der Waals surface area (Å²) < 4.78 is 0. The van der Waals surface area contributed by atoms with E-state index >= 15 is 0 Å². The second-order valence-electron chi connectivity index (χ2n) is 4.47. The third-order valence-electron chi connectivity index (χ3n) is 3.00. The molecule has 1 aliphatic heterocycles. The Morgan fingerprint density at radius 2 is 2.11 bits per heavy atom. The molecule has 4 heteroatoms. The summed E-state index contributed by atoms with van der Waals surface area (Å²) in [7, 11) is 0. The minimum atomic E-state index is -0.383. The lowest BCUT2D eigenvalue weighted by atomic mass is 10.1. The smallest absolute Gasteiger partial charge is 0.246 e. The quantitative estimate of drug-likeness (QED) is 0.834. The van der Waals surface area contributed by atoms with Crippen molar-refractivity contribution in [3.05, 3.63) is 40.9 Å². The maximum absolute atomic E-state index is 11.9. The third-order valence-corrected chi connectivity index (χ3v) is 3.25. The Labute approximate surface area is 112 Å². The first kappa shape index (κ1) is 13.1. The lowest BCUT2D eigenvalue weighted by Crippen LogP contribution is -2.41. The molecule has 1 aromatic rings. The molecular weight excluding hydrogens is 250 g/mol. The molecule has 2 rings (SSSR count). The molecule has 96 valence electrons. The molecule has 1 atom stereocenters. The van der Waals surface area contributed by atoms with Gasteiger partial charge in [-0.3, -0.25) is 4.79 Å². The maximum Gasteiger partial charge on any atom is 0.246 e. The first-order valence-corrected chi connectivity index (χ1v) is 6.43. The van der Waals surface area contributed by atoms with Gasteiger partial charge in [0.2, 0.25) is 5.91 Å². The molecule has 1 amide bonds. The fourth-order valence-corrected chi connectivity index (χ4v) is 2.13. The molecule has 0 saturated carbocycles. The van der Waals surface area contributed by atoms with Crippen molar-refractivity contribution in [2.45, 2.75) is 18.9 Å². The molecule has 1 saturated heterocycles. The van der Waals surface area contributed by atoms with E-state index in [1.54, 1.807) is 29.2 Å². The Bertz CT molecular complexity index is 442. The van der Waals surface area contributed by atoms with E-state index < -0.39 is 0 Å². The fourth-order valence-electron chi connectivity index (χ4n) is 2.00. The number of nitrogens with zero attached hydrogens (tertiary/aromatic N) is 1. The number of carbonyl (C=O) groups excluding carboxylic acids is 1. The van der Waals surface area contributed by atoms with E-state index in [9.17, 15) is 9.90 Å². The third kappa shape index (κ3) is 3.59. The lowest BCUT2D eigenvalue weighted by molar-refractivity contribution is -0.128. The van der Waals surface area contributed by atoms with Crippen molar-refractivity contribution in [2.24, 2.45) is 0 Å². The van der Waals surface area contributed by atoms with Crippen LogP contribution in [0, 0.1) is 0 Å². The van der Waals surface area contributed by atoms with Gasteiger partial charge in [0.05, 0.1) is 6.10 Å². The van der Waals surface area contributed by atoms with Gasteiger partial charge in [0.1, 0.15) is 0 Å². The summed E-state index contributed by atoms with van der Waals surface area (Å²) >= 11 is 5.79. The van der Waals surface area contributed by atoms with Gasteiger partial charge in [0.25, 0.3) is 0 Å². The van der Waals surface area contributed by atoms with Crippen LogP contribution < -0.4 is 0 Å². The lowest BCUT2D eigenvalue weighted by Gasteiger charge is -2.29. The summed E-state index contributed by atoms with van der Waals surface area (Å²) in [5.74, 6) is -0.0521. The van der Waals surface area contributed by atoms with E-state index in [-0.39, 0.29) is 12.0 Å². The normalized spacial score (nSPS) is 20.3. The highest BCUT2D eigenvalue weighted by Crippen LogP contribution is 2.12. The minimum absolute atomic E-state index is 0.0521. The van der Waals surface area contributed by atoms with Gasteiger partial charge < -0.3 is 10.0 Å². The highest BCUT2D eigenvalue weighted by atomic mass is 35.5. The summed E-state index contributed by atoms with van der Waals surface area (Å²) in [6.45, 7) is 1.16. The van der Waals surface area contributed by atoms with Crippen LogP contribution in [0.15, 0.2) is 30.3 Å². The highest BCUT2D eigenvalue weighted by molar-refractivity contribution is 6.30. The Hall–Kier alpha value is -1.32. The number of rotatable bonds is 2. The Balaban J connectivity index is 1.96. The molecule has 1 unspecified atom stereocenters. The van der Waals surface area contributed by atoms with E-state index in [0.717, 1.165) is 24.9 Å². The number of hydrogen-bond donors (Lipinski definition) is 1. The average Bonchev–Trinajstić information content (AvgIpc) is 2.38. The van der Waals surface area contributed by atoms with Gasteiger partial charge in [-0.25, -0.2) is 0 Å². The SMILES string of the molecule is O=C(/C=C/c1ccc(Cl)cc1)N1CCCC(O)C1. The number of halogens is 1. The van der Waals surface area contributed by atoms with Crippen LogP contribution in [-0.2, 0) is 4.79 Å². The number of aliphatic hydroxyl groups is 1. The van der Waals surface area contributed by atoms with Crippen LogP contribution in [0.25, 0.3) is 6.08 Å². The standard InChI is InChI=1S/C14H16ClNO2/c15-12-6-3-11(4-7-12)5-8-14(18)16-9-1-2-13(17)10-16/h3-8,13,17H,1-2,9-10H2/b8-5+. The largest absolute Gasteiger partial charge is 0.391 e. The van der Waals surface area contributed by atoms with E-state index in [2.05, 4.69) is 0 Å². The first-order valence-electron chi connectivity index (χ1n) is 6.06. The molecule has 0 aromatic heterocycles. The van der Waals surface area contributed by atoms with Crippen molar-refractivity contribution in [1.82, 2.24) is 4.90 Å². The van der Waals surface area contributed by atoms with Gasteiger partial charge in [-0.1, -0.05) is 23.7 Å². The molecule has 0 radical (unpaired) electrons. The zero-order chi connectivity index (χ0) is 13.0. The fraction of sp³-hybridized carbons (Fsp3) is 0.357. The Morgan fingerprint density at radius 1 is 1.39 bits per heavy atom. The number of likely N-dealkylation sites (tertiary alicyclic amines) is 1. The predicted octanol–water partition coefficient (Wildman–Crippen LogP) is 2.34. The molecule has 0 bridgehead atoms. The van der Waals surface area contributed by atoms with Crippen LogP contribution >= 0.6 is 11.6 Å². The summed E-state index contributed by atoms with van der Waals surface area (Å²) in [5, 5.41) is 10.2. The van der Waals surface area contributed by atoms with Gasteiger partial charge in [-0.05, 0) is 36.6 Å². The number of aliphatic hydroxyl groups excluding tert-OH is 1. The molecule has 18 heavy (non-hydrogen) atoms. The molecule has 1 heterocycles. The van der Waals surface area contributed by atoms with Crippen LogP contribution in [0.2, 0.25) is 5.02 Å². The number of amides is 1. The van der Waals surface area contributed by atoms with E-state index in [0.29, 0.717) is 11.6 Å². The summed E-state index contributed by atoms with van der Waals surface area (Å²) in [6, 6.07) is 7.29. The van der Waals surface area contributed by atoms with Crippen LogP contribution in [-0.4, -0.2) is 35.1 Å². The van der Waals surface area contributed by atoms with Gasteiger partial charge in [-0.15, -0.1) is 0 Å². The number of benzene rings is 1. The van der Waals surface area contributed by atoms with Crippen molar-refractivity contribution < 1.29 is 9.90 Å². The summed E-state index contributed by atoms with van der Waals surface area (Å²) in [4.78, 5) is 13.6. The van der Waals surface area contributed by atoms with Crippen molar-refractivity contribution in [3.8, 4) is 0 Å². The van der Waals surface area contributed by atoms with Gasteiger partial charge in [0, 0.05) is 24.2 Å². The zero-order valence-corrected chi connectivity index (χ0v) is 10.8. The molecule has 1 aliphatic rings. The summed E-state index contributed by atoms with van der Waals surface area (Å²) in [5.41, 5.74) is 0.935. The van der Waals surface area contributed by atoms with Crippen LogP contribution in [0.4, 0.5) is 0 Å². The number of piperidine rings is 1. The maximum atomic E-state index is 11.9. The van der Waals surface area contributed by atoms with Crippen LogP contribution in [0.3, 0.4) is 0 Å². The average molecular weight is 266 g/mol. The molecule has 0 aliphatic carbocycles. The number of hydrogen-bond acceptors (Lipinski definition) is 2. The second kappa shape index (κ2) is 6.03. The van der Waals surface area contributed by atoms with Gasteiger partial charge in [-0.2, -0.15) is 0 Å².